The number of hydrogen-bond donors (Lipinski definition) is 0. The minimum Gasteiger partial charge on any atom is -0.315 e. The molecule has 2 rings (SSSR count). The molecule has 122 valence electrons. The van der Waals surface area contributed by atoms with Crippen molar-refractivity contribution in [2.24, 2.45) is 5.92 Å². The van der Waals surface area contributed by atoms with Crippen LogP contribution in [-0.4, -0.2) is 34.7 Å². The van der Waals surface area contributed by atoms with Crippen molar-refractivity contribution in [3.05, 3.63) is 24.3 Å². The maximum atomic E-state index is 12.5. The quantitative estimate of drug-likeness (QED) is 0.855. The molecule has 1 aromatic rings. The van der Waals surface area contributed by atoms with Crippen LogP contribution >= 0.6 is 0 Å². The minimum absolute atomic E-state index is 0.122. The van der Waals surface area contributed by atoms with Crippen molar-refractivity contribution < 1.29 is 13.2 Å². The monoisotopic (exact) mass is 324 g/mol. The van der Waals surface area contributed by atoms with E-state index in [0.29, 0.717) is 5.69 Å². The lowest BCUT2D eigenvalue weighted by atomic mass is 9.88. The lowest BCUT2D eigenvalue weighted by molar-refractivity contribution is -0.123. The van der Waals surface area contributed by atoms with Gasteiger partial charge in [-0.05, 0) is 37.1 Å². The van der Waals surface area contributed by atoms with E-state index >= 15 is 0 Å². The number of anilines is 2. The summed E-state index contributed by atoms with van der Waals surface area (Å²) in [6.45, 7) is 0. The standard InChI is InChI=1S/C16H24N2O3S/c1-17(16(19)13-7-5-4-6-8-13)14-9-11-15(12-10-14)18(2)22(3,20)21/h9-13H,4-8H2,1-3H3. The van der Waals surface area contributed by atoms with E-state index in [4.69, 9.17) is 0 Å². The van der Waals surface area contributed by atoms with Gasteiger partial charge in [0.1, 0.15) is 0 Å². The molecule has 5 nitrogen and oxygen atoms in total. The van der Waals surface area contributed by atoms with Gasteiger partial charge in [-0.3, -0.25) is 9.10 Å². The van der Waals surface area contributed by atoms with Gasteiger partial charge in [0.15, 0.2) is 0 Å². The molecule has 1 aromatic carbocycles. The summed E-state index contributed by atoms with van der Waals surface area (Å²) < 4.78 is 24.3. The highest BCUT2D eigenvalue weighted by atomic mass is 32.2. The minimum atomic E-state index is -3.27. The van der Waals surface area contributed by atoms with Crippen molar-refractivity contribution in [2.45, 2.75) is 32.1 Å². The maximum Gasteiger partial charge on any atom is 0.231 e. The normalized spacial score (nSPS) is 16.3. The first-order valence-electron chi connectivity index (χ1n) is 7.62. The molecule has 0 radical (unpaired) electrons. The highest BCUT2D eigenvalue weighted by Crippen LogP contribution is 2.28. The van der Waals surface area contributed by atoms with E-state index in [-0.39, 0.29) is 11.8 Å². The van der Waals surface area contributed by atoms with Gasteiger partial charge in [-0.2, -0.15) is 0 Å². The van der Waals surface area contributed by atoms with Crippen LogP contribution < -0.4 is 9.21 Å². The smallest absolute Gasteiger partial charge is 0.231 e. The van der Waals surface area contributed by atoms with Crippen molar-refractivity contribution in [1.82, 2.24) is 0 Å². The molecule has 22 heavy (non-hydrogen) atoms. The lowest BCUT2D eigenvalue weighted by Gasteiger charge is -2.27. The summed E-state index contributed by atoms with van der Waals surface area (Å²) >= 11 is 0. The Morgan fingerprint density at radius 1 is 1.00 bits per heavy atom. The Morgan fingerprint density at radius 3 is 2.00 bits per heavy atom. The molecule has 0 aromatic heterocycles. The molecule has 0 unspecified atom stereocenters. The molecule has 1 aliphatic carbocycles. The van der Waals surface area contributed by atoms with Crippen LogP contribution in [0.1, 0.15) is 32.1 Å². The predicted octanol–water partition coefficient (Wildman–Crippen LogP) is 2.63. The first-order chi connectivity index (χ1) is 10.3. The molecule has 0 spiro atoms. The zero-order valence-electron chi connectivity index (χ0n) is 13.4. The van der Waals surface area contributed by atoms with Crippen molar-refractivity contribution in [3.8, 4) is 0 Å². The molecule has 0 bridgehead atoms. The number of carbonyl (C=O) groups is 1. The summed E-state index contributed by atoms with van der Waals surface area (Å²) in [6.07, 6.45) is 6.58. The highest BCUT2D eigenvalue weighted by Gasteiger charge is 2.24. The first-order valence-corrected chi connectivity index (χ1v) is 9.47. The SMILES string of the molecule is CN(C(=O)C1CCCCC1)c1ccc(N(C)S(C)(=O)=O)cc1. The summed E-state index contributed by atoms with van der Waals surface area (Å²) in [5.41, 5.74) is 1.38. The summed E-state index contributed by atoms with van der Waals surface area (Å²) in [6, 6.07) is 7.03. The number of carbonyl (C=O) groups excluding carboxylic acids is 1. The Hall–Kier alpha value is -1.56. The summed E-state index contributed by atoms with van der Waals surface area (Å²) in [7, 11) is 0.0294. The Balaban J connectivity index is 2.10. The van der Waals surface area contributed by atoms with Gasteiger partial charge < -0.3 is 4.90 Å². The fraction of sp³-hybridized carbons (Fsp3) is 0.562. The molecular weight excluding hydrogens is 300 g/mol. The van der Waals surface area contributed by atoms with Gasteiger partial charge in [0.05, 0.1) is 11.9 Å². The fourth-order valence-electron chi connectivity index (χ4n) is 2.83. The van der Waals surface area contributed by atoms with Gasteiger partial charge in [0.25, 0.3) is 0 Å². The van der Waals surface area contributed by atoms with Gasteiger partial charge in [-0.1, -0.05) is 19.3 Å². The zero-order valence-corrected chi connectivity index (χ0v) is 14.3. The highest BCUT2D eigenvalue weighted by molar-refractivity contribution is 7.92. The first kappa shape index (κ1) is 16.8. The van der Waals surface area contributed by atoms with E-state index in [1.165, 1.54) is 24.0 Å². The maximum absolute atomic E-state index is 12.5. The van der Waals surface area contributed by atoms with Crippen LogP contribution in [0, 0.1) is 5.92 Å². The molecule has 6 heteroatoms. The van der Waals surface area contributed by atoms with Gasteiger partial charge in [0.2, 0.25) is 15.9 Å². The molecule has 0 atom stereocenters. The average Bonchev–Trinajstić information content (AvgIpc) is 2.53. The van der Waals surface area contributed by atoms with E-state index in [0.717, 1.165) is 31.4 Å². The summed E-state index contributed by atoms with van der Waals surface area (Å²) in [4.78, 5) is 14.2. The third-order valence-electron chi connectivity index (χ3n) is 4.38. The Morgan fingerprint density at radius 2 is 1.50 bits per heavy atom. The van der Waals surface area contributed by atoms with Crippen LogP contribution in [-0.2, 0) is 14.8 Å². The van der Waals surface area contributed by atoms with E-state index in [1.54, 1.807) is 36.2 Å². The zero-order chi connectivity index (χ0) is 16.3. The van der Waals surface area contributed by atoms with E-state index < -0.39 is 10.0 Å². The van der Waals surface area contributed by atoms with Crippen LogP contribution in [0.2, 0.25) is 0 Å². The molecule has 0 N–H and O–H groups in total. The summed E-state index contributed by atoms with van der Waals surface area (Å²) in [5.74, 6) is 0.279. The van der Waals surface area contributed by atoms with Crippen molar-refractivity contribution in [1.29, 1.82) is 0 Å². The van der Waals surface area contributed by atoms with Gasteiger partial charge in [-0.25, -0.2) is 8.42 Å². The molecule has 1 fully saturated rings. The van der Waals surface area contributed by atoms with Crippen molar-refractivity contribution in [2.75, 3.05) is 29.6 Å². The number of amides is 1. The third-order valence-corrected chi connectivity index (χ3v) is 5.59. The predicted molar refractivity (Wildman–Crippen MR) is 89.7 cm³/mol. The van der Waals surface area contributed by atoms with E-state index in [2.05, 4.69) is 0 Å². The molecule has 1 amide bonds. The molecule has 0 heterocycles. The van der Waals surface area contributed by atoms with Crippen molar-refractivity contribution in [3.63, 3.8) is 0 Å². The Kier molecular flexibility index (Phi) is 5.11. The van der Waals surface area contributed by atoms with Gasteiger partial charge in [0, 0.05) is 25.7 Å². The van der Waals surface area contributed by atoms with Crippen LogP contribution in [0.3, 0.4) is 0 Å². The third kappa shape index (κ3) is 3.80. The topological polar surface area (TPSA) is 57.7 Å². The number of rotatable bonds is 4. The van der Waals surface area contributed by atoms with E-state index in [9.17, 15) is 13.2 Å². The Bertz CT molecular complexity index is 619. The van der Waals surface area contributed by atoms with E-state index in [1.807, 2.05) is 0 Å². The molecule has 1 aliphatic rings. The largest absolute Gasteiger partial charge is 0.315 e. The number of nitrogens with zero attached hydrogens (tertiary/aromatic N) is 2. The van der Waals surface area contributed by atoms with Crippen LogP contribution in [0.5, 0.6) is 0 Å². The molecule has 0 aliphatic heterocycles. The molecule has 1 saturated carbocycles. The molecular formula is C16H24N2O3S. The van der Waals surface area contributed by atoms with Gasteiger partial charge in [-0.15, -0.1) is 0 Å². The van der Waals surface area contributed by atoms with Gasteiger partial charge >= 0.3 is 0 Å². The Labute approximate surface area is 133 Å². The molecule has 0 saturated heterocycles. The second kappa shape index (κ2) is 6.69. The second-order valence-electron chi connectivity index (χ2n) is 5.98. The van der Waals surface area contributed by atoms with Crippen LogP contribution in [0.25, 0.3) is 0 Å². The van der Waals surface area contributed by atoms with Crippen LogP contribution in [0.4, 0.5) is 11.4 Å². The number of benzene rings is 1. The second-order valence-corrected chi connectivity index (χ2v) is 7.99. The average molecular weight is 324 g/mol. The number of sulfonamides is 1. The number of hydrogen-bond acceptors (Lipinski definition) is 3. The van der Waals surface area contributed by atoms with Crippen molar-refractivity contribution >= 4 is 27.3 Å². The van der Waals surface area contributed by atoms with Crippen LogP contribution in [0.15, 0.2) is 24.3 Å². The lowest BCUT2D eigenvalue weighted by Crippen LogP contribution is -2.34. The summed E-state index contributed by atoms with van der Waals surface area (Å²) in [5, 5.41) is 0. The fourth-order valence-corrected chi connectivity index (χ4v) is 3.33.